The highest BCUT2D eigenvalue weighted by molar-refractivity contribution is 5.57. The van der Waals surface area contributed by atoms with Gasteiger partial charge in [0.15, 0.2) is 0 Å². The Morgan fingerprint density at radius 2 is 2.13 bits per heavy atom. The molecular formula is C12H20N2O. The van der Waals surface area contributed by atoms with Crippen LogP contribution in [0.4, 0.5) is 11.4 Å². The molecule has 0 amide bonds. The summed E-state index contributed by atoms with van der Waals surface area (Å²) < 4.78 is 0. The first kappa shape index (κ1) is 11.9. The summed E-state index contributed by atoms with van der Waals surface area (Å²) in [7, 11) is 0. The van der Waals surface area contributed by atoms with E-state index in [0.717, 1.165) is 29.8 Å². The Kier molecular flexibility index (Phi) is 4.43. The summed E-state index contributed by atoms with van der Waals surface area (Å²) in [6.45, 7) is 4.39. The van der Waals surface area contributed by atoms with Crippen LogP contribution in [0.3, 0.4) is 0 Å². The van der Waals surface area contributed by atoms with Crippen molar-refractivity contribution in [2.45, 2.75) is 32.7 Å². The maximum absolute atomic E-state index is 8.72. The molecule has 0 fully saturated rings. The first-order chi connectivity index (χ1) is 7.11. The molecule has 0 aliphatic carbocycles. The Morgan fingerprint density at radius 3 is 2.73 bits per heavy atom. The molecule has 0 bridgehead atoms. The molecular weight excluding hydrogens is 188 g/mol. The molecule has 1 unspecified atom stereocenters. The van der Waals surface area contributed by atoms with Crippen molar-refractivity contribution in [2.24, 2.45) is 0 Å². The van der Waals surface area contributed by atoms with Gasteiger partial charge >= 0.3 is 0 Å². The van der Waals surface area contributed by atoms with E-state index in [2.05, 4.69) is 18.3 Å². The second kappa shape index (κ2) is 5.61. The van der Waals surface area contributed by atoms with E-state index in [-0.39, 0.29) is 6.61 Å². The molecule has 0 saturated carbocycles. The highest BCUT2D eigenvalue weighted by Gasteiger charge is 2.02. The number of hydrogen-bond acceptors (Lipinski definition) is 3. The normalized spacial score (nSPS) is 12.5. The molecule has 0 saturated heterocycles. The minimum Gasteiger partial charge on any atom is -0.399 e. The van der Waals surface area contributed by atoms with Crippen molar-refractivity contribution in [1.82, 2.24) is 0 Å². The Morgan fingerprint density at radius 1 is 1.40 bits per heavy atom. The van der Waals surface area contributed by atoms with Crippen molar-refractivity contribution in [2.75, 3.05) is 17.7 Å². The lowest BCUT2D eigenvalue weighted by atomic mass is 10.1. The predicted octanol–water partition coefficient (Wildman–Crippen LogP) is 2.15. The van der Waals surface area contributed by atoms with Crippen LogP contribution < -0.4 is 11.1 Å². The summed E-state index contributed by atoms with van der Waals surface area (Å²) in [6.07, 6.45) is 1.79. The van der Waals surface area contributed by atoms with Gasteiger partial charge in [-0.15, -0.1) is 0 Å². The van der Waals surface area contributed by atoms with Crippen molar-refractivity contribution >= 4 is 11.4 Å². The SMILES string of the molecule is Cc1cc(N)cc(NC(C)CCCO)c1. The van der Waals surface area contributed by atoms with Gasteiger partial charge in [-0.1, -0.05) is 0 Å². The number of anilines is 2. The number of aliphatic hydroxyl groups excluding tert-OH is 1. The number of nitrogens with two attached hydrogens (primary N) is 1. The molecule has 3 heteroatoms. The summed E-state index contributed by atoms with van der Waals surface area (Å²) in [4.78, 5) is 0. The van der Waals surface area contributed by atoms with E-state index in [1.54, 1.807) is 0 Å². The van der Waals surface area contributed by atoms with Gasteiger partial charge in [0.25, 0.3) is 0 Å². The van der Waals surface area contributed by atoms with Gasteiger partial charge in [-0.05, 0) is 50.5 Å². The molecule has 0 aliphatic rings. The maximum atomic E-state index is 8.72. The molecule has 0 heterocycles. The topological polar surface area (TPSA) is 58.3 Å². The fourth-order valence-electron chi connectivity index (χ4n) is 1.65. The van der Waals surface area contributed by atoms with Crippen LogP contribution in [0.25, 0.3) is 0 Å². The smallest absolute Gasteiger partial charge is 0.0431 e. The van der Waals surface area contributed by atoms with E-state index in [9.17, 15) is 0 Å². The van der Waals surface area contributed by atoms with Gasteiger partial charge in [0.1, 0.15) is 0 Å². The van der Waals surface area contributed by atoms with E-state index in [1.165, 1.54) is 0 Å². The first-order valence-corrected chi connectivity index (χ1v) is 5.36. The van der Waals surface area contributed by atoms with Crippen LogP contribution in [0, 0.1) is 6.92 Å². The van der Waals surface area contributed by atoms with Crippen molar-refractivity contribution in [3.05, 3.63) is 23.8 Å². The summed E-state index contributed by atoms with van der Waals surface area (Å²) in [5.74, 6) is 0. The molecule has 15 heavy (non-hydrogen) atoms. The molecule has 1 atom stereocenters. The molecule has 0 aliphatic heterocycles. The van der Waals surface area contributed by atoms with Gasteiger partial charge in [-0.25, -0.2) is 0 Å². The van der Waals surface area contributed by atoms with Crippen LogP contribution in [0.1, 0.15) is 25.3 Å². The summed E-state index contributed by atoms with van der Waals surface area (Å²) in [5.41, 5.74) is 8.75. The maximum Gasteiger partial charge on any atom is 0.0431 e. The van der Waals surface area contributed by atoms with Gasteiger partial charge in [-0.3, -0.25) is 0 Å². The number of hydrogen-bond donors (Lipinski definition) is 3. The molecule has 0 radical (unpaired) electrons. The minimum atomic E-state index is 0.252. The monoisotopic (exact) mass is 208 g/mol. The van der Waals surface area contributed by atoms with Gasteiger partial charge in [0.05, 0.1) is 0 Å². The second-order valence-electron chi connectivity index (χ2n) is 4.04. The predicted molar refractivity (Wildman–Crippen MR) is 65.0 cm³/mol. The fraction of sp³-hybridized carbons (Fsp3) is 0.500. The van der Waals surface area contributed by atoms with Crippen LogP contribution >= 0.6 is 0 Å². The van der Waals surface area contributed by atoms with Gasteiger partial charge < -0.3 is 16.2 Å². The highest BCUT2D eigenvalue weighted by Crippen LogP contribution is 2.17. The third kappa shape index (κ3) is 4.21. The van der Waals surface area contributed by atoms with Crippen molar-refractivity contribution in [1.29, 1.82) is 0 Å². The largest absolute Gasteiger partial charge is 0.399 e. The Hall–Kier alpha value is -1.22. The Bertz CT molecular complexity index is 292. The number of aliphatic hydroxyl groups is 1. The van der Waals surface area contributed by atoms with E-state index in [4.69, 9.17) is 10.8 Å². The fourth-order valence-corrected chi connectivity index (χ4v) is 1.65. The number of aryl methyl sites for hydroxylation is 1. The van der Waals surface area contributed by atoms with E-state index < -0.39 is 0 Å². The number of nitrogen functional groups attached to an aromatic ring is 1. The summed E-state index contributed by atoms with van der Waals surface area (Å²) in [5, 5.41) is 12.1. The van der Waals surface area contributed by atoms with Gasteiger partial charge in [0, 0.05) is 24.0 Å². The third-order valence-electron chi connectivity index (χ3n) is 2.31. The molecule has 84 valence electrons. The van der Waals surface area contributed by atoms with Crippen LogP contribution in [0.5, 0.6) is 0 Å². The summed E-state index contributed by atoms with van der Waals surface area (Å²) >= 11 is 0. The van der Waals surface area contributed by atoms with Gasteiger partial charge in [0.2, 0.25) is 0 Å². The lowest BCUT2D eigenvalue weighted by molar-refractivity contribution is 0.282. The van der Waals surface area contributed by atoms with Crippen molar-refractivity contribution < 1.29 is 5.11 Å². The van der Waals surface area contributed by atoms with Crippen LogP contribution in [0.15, 0.2) is 18.2 Å². The highest BCUT2D eigenvalue weighted by atomic mass is 16.2. The van der Waals surface area contributed by atoms with Gasteiger partial charge in [-0.2, -0.15) is 0 Å². The molecule has 1 rings (SSSR count). The van der Waals surface area contributed by atoms with Crippen LogP contribution in [-0.4, -0.2) is 17.8 Å². The average molecular weight is 208 g/mol. The van der Waals surface area contributed by atoms with E-state index in [0.29, 0.717) is 6.04 Å². The quantitative estimate of drug-likeness (QED) is 0.650. The molecule has 1 aromatic rings. The van der Waals surface area contributed by atoms with E-state index in [1.807, 2.05) is 19.1 Å². The van der Waals surface area contributed by atoms with Crippen molar-refractivity contribution in [3.63, 3.8) is 0 Å². The lowest BCUT2D eigenvalue weighted by Gasteiger charge is -2.15. The zero-order valence-corrected chi connectivity index (χ0v) is 9.46. The average Bonchev–Trinajstić information content (AvgIpc) is 2.13. The number of rotatable bonds is 5. The number of nitrogens with one attached hydrogen (secondary N) is 1. The molecule has 3 nitrogen and oxygen atoms in total. The minimum absolute atomic E-state index is 0.252. The molecule has 1 aromatic carbocycles. The summed E-state index contributed by atoms with van der Waals surface area (Å²) in [6, 6.07) is 6.32. The zero-order chi connectivity index (χ0) is 11.3. The Balaban J connectivity index is 2.56. The van der Waals surface area contributed by atoms with Crippen LogP contribution in [0.2, 0.25) is 0 Å². The lowest BCUT2D eigenvalue weighted by Crippen LogP contribution is -2.15. The van der Waals surface area contributed by atoms with Crippen molar-refractivity contribution in [3.8, 4) is 0 Å². The standard InChI is InChI=1S/C12H20N2O/c1-9-6-11(13)8-12(7-9)14-10(2)4-3-5-15/h6-8,10,14-15H,3-5,13H2,1-2H3. The number of benzene rings is 1. The van der Waals surface area contributed by atoms with E-state index >= 15 is 0 Å². The third-order valence-corrected chi connectivity index (χ3v) is 2.31. The molecule has 0 aromatic heterocycles. The van der Waals surface area contributed by atoms with Crippen LogP contribution in [-0.2, 0) is 0 Å². The Labute approximate surface area is 91.3 Å². The zero-order valence-electron chi connectivity index (χ0n) is 9.46. The molecule has 4 N–H and O–H groups in total. The molecule has 0 spiro atoms. The second-order valence-corrected chi connectivity index (χ2v) is 4.04. The first-order valence-electron chi connectivity index (χ1n) is 5.36.